The van der Waals surface area contributed by atoms with Crippen molar-refractivity contribution in [1.29, 1.82) is 5.26 Å². The lowest BCUT2D eigenvalue weighted by Crippen LogP contribution is -2.30. The van der Waals surface area contributed by atoms with Crippen LogP contribution in [0.2, 0.25) is 0 Å². The molecule has 0 aromatic heterocycles. The fraction of sp³-hybridized carbons (Fsp3) is 0.333. The summed E-state index contributed by atoms with van der Waals surface area (Å²) in [6.45, 7) is 1.92. The predicted molar refractivity (Wildman–Crippen MR) is 58.1 cm³/mol. The van der Waals surface area contributed by atoms with E-state index >= 15 is 0 Å². The molecule has 1 aromatic carbocycles. The molecule has 0 bridgehead atoms. The molecule has 0 N–H and O–H groups in total. The molecule has 0 heterocycles. The van der Waals surface area contributed by atoms with E-state index in [-0.39, 0.29) is 18.0 Å². The van der Waals surface area contributed by atoms with Gasteiger partial charge in [-0.05, 0) is 25.1 Å². The molecule has 1 aromatic rings. The van der Waals surface area contributed by atoms with Crippen LogP contribution < -0.4 is 0 Å². The van der Waals surface area contributed by atoms with Crippen molar-refractivity contribution in [3.63, 3.8) is 0 Å². The number of halogens is 2. The van der Waals surface area contributed by atoms with E-state index in [1.54, 1.807) is 6.92 Å². The Labute approximate surface area is 98.3 Å². The Morgan fingerprint density at radius 1 is 1.47 bits per heavy atom. The maximum Gasteiger partial charge on any atom is 0.253 e. The van der Waals surface area contributed by atoms with Gasteiger partial charge in [0.1, 0.15) is 0 Å². The summed E-state index contributed by atoms with van der Waals surface area (Å²) >= 11 is 0. The number of hydrogen-bond donors (Lipinski definition) is 0. The number of nitriles is 1. The van der Waals surface area contributed by atoms with Crippen LogP contribution >= 0.6 is 0 Å². The Balaban J connectivity index is 2.82. The number of nitrogens with zero attached hydrogens (tertiary/aromatic N) is 2. The zero-order valence-corrected chi connectivity index (χ0v) is 9.58. The monoisotopic (exact) mass is 238 g/mol. The molecule has 0 saturated heterocycles. The minimum atomic E-state index is -1.06. The lowest BCUT2D eigenvalue weighted by Gasteiger charge is -2.18. The summed E-state index contributed by atoms with van der Waals surface area (Å²) < 4.78 is 25.6. The van der Waals surface area contributed by atoms with Gasteiger partial charge in [-0.3, -0.25) is 4.79 Å². The molecule has 5 heteroatoms. The molecule has 17 heavy (non-hydrogen) atoms. The van der Waals surface area contributed by atoms with E-state index in [9.17, 15) is 13.6 Å². The third kappa shape index (κ3) is 3.25. The van der Waals surface area contributed by atoms with Gasteiger partial charge in [-0.25, -0.2) is 8.78 Å². The first kappa shape index (κ1) is 13.1. The molecule has 1 atom stereocenters. The summed E-state index contributed by atoms with van der Waals surface area (Å²) in [5, 5.41) is 8.62. The van der Waals surface area contributed by atoms with E-state index in [0.29, 0.717) is 0 Å². The normalized spacial score (nSPS) is 11.7. The van der Waals surface area contributed by atoms with E-state index in [1.807, 2.05) is 6.07 Å². The van der Waals surface area contributed by atoms with E-state index in [2.05, 4.69) is 0 Å². The first-order valence-corrected chi connectivity index (χ1v) is 5.06. The fourth-order valence-electron chi connectivity index (χ4n) is 1.38. The van der Waals surface area contributed by atoms with Crippen molar-refractivity contribution in [2.45, 2.75) is 6.92 Å². The maximum absolute atomic E-state index is 12.9. The highest BCUT2D eigenvalue weighted by Crippen LogP contribution is 2.11. The zero-order chi connectivity index (χ0) is 13.0. The highest BCUT2D eigenvalue weighted by Gasteiger charge is 2.15. The molecule has 90 valence electrons. The first-order valence-electron chi connectivity index (χ1n) is 5.06. The smallest absolute Gasteiger partial charge is 0.253 e. The molecule has 0 spiro atoms. The Morgan fingerprint density at radius 2 is 2.12 bits per heavy atom. The van der Waals surface area contributed by atoms with E-state index in [0.717, 1.165) is 12.1 Å². The molecule has 1 rings (SSSR count). The third-order valence-electron chi connectivity index (χ3n) is 2.28. The average molecular weight is 238 g/mol. The van der Waals surface area contributed by atoms with Gasteiger partial charge in [0.25, 0.3) is 5.91 Å². The highest BCUT2D eigenvalue weighted by atomic mass is 19.2. The summed E-state index contributed by atoms with van der Waals surface area (Å²) in [6.07, 6.45) is 0. The number of carbonyl (C=O) groups excluding carboxylic acids is 1. The van der Waals surface area contributed by atoms with Gasteiger partial charge in [-0.1, -0.05) is 0 Å². The van der Waals surface area contributed by atoms with Gasteiger partial charge in [-0.15, -0.1) is 0 Å². The molecule has 0 aliphatic heterocycles. The molecule has 1 unspecified atom stereocenters. The van der Waals surface area contributed by atoms with E-state index in [4.69, 9.17) is 5.26 Å². The van der Waals surface area contributed by atoms with Gasteiger partial charge in [-0.2, -0.15) is 5.26 Å². The predicted octanol–water partition coefficient (Wildman–Crippen LogP) is 2.20. The van der Waals surface area contributed by atoms with Crippen LogP contribution in [0.25, 0.3) is 0 Å². The highest BCUT2D eigenvalue weighted by molar-refractivity contribution is 5.94. The number of hydrogen-bond acceptors (Lipinski definition) is 2. The SMILES string of the molecule is CC(C#N)CN(C)C(=O)c1ccc(F)c(F)c1. The molecular formula is C12H12F2N2O. The maximum atomic E-state index is 12.9. The van der Waals surface area contributed by atoms with Gasteiger partial charge in [0.15, 0.2) is 11.6 Å². The second-order valence-electron chi connectivity index (χ2n) is 3.84. The Morgan fingerprint density at radius 3 is 2.65 bits per heavy atom. The number of carbonyl (C=O) groups is 1. The summed E-state index contributed by atoms with van der Waals surface area (Å²) in [7, 11) is 1.51. The number of rotatable bonds is 3. The Bertz CT molecular complexity index is 468. The van der Waals surface area contributed by atoms with Crippen molar-refractivity contribution in [2.24, 2.45) is 5.92 Å². The molecule has 0 aliphatic rings. The minimum Gasteiger partial charge on any atom is -0.340 e. The standard InChI is InChI=1S/C12H12F2N2O/c1-8(6-15)7-16(2)12(17)9-3-4-10(13)11(14)5-9/h3-5,8H,7H2,1-2H3. The quantitative estimate of drug-likeness (QED) is 0.810. The third-order valence-corrected chi connectivity index (χ3v) is 2.28. The van der Waals surface area contributed by atoms with Gasteiger partial charge < -0.3 is 4.90 Å². The number of benzene rings is 1. The lowest BCUT2D eigenvalue weighted by molar-refractivity contribution is 0.0784. The van der Waals surface area contributed by atoms with E-state index < -0.39 is 17.5 Å². The topological polar surface area (TPSA) is 44.1 Å². The molecule has 1 amide bonds. The molecule has 3 nitrogen and oxygen atoms in total. The van der Waals surface area contributed by atoms with Crippen LogP contribution in [0.1, 0.15) is 17.3 Å². The van der Waals surface area contributed by atoms with Crippen molar-refractivity contribution in [1.82, 2.24) is 4.90 Å². The minimum absolute atomic E-state index is 0.0662. The largest absolute Gasteiger partial charge is 0.340 e. The average Bonchev–Trinajstić information content (AvgIpc) is 2.31. The van der Waals surface area contributed by atoms with Crippen LogP contribution in [-0.2, 0) is 0 Å². The van der Waals surface area contributed by atoms with Gasteiger partial charge >= 0.3 is 0 Å². The van der Waals surface area contributed by atoms with Crippen molar-refractivity contribution in [3.05, 3.63) is 35.4 Å². The van der Waals surface area contributed by atoms with Crippen molar-refractivity contribution in [2.75, 3.05) is 13.6 Å². The van der Waals surface area contributed by atoms with Crippen LogP contribution in [0.4, 0.5) is 8.78 Å². The van der Waals surface area contributed by atoms with Crippen molar-refractivity contribution in [3.8, 4) is 6.07 Å². The van der Waals surface area contributed by atoms with Crippen molar-refractivity contribution < 1.29 is 13.6 Å². The van der Waals surface area contributed by atoms with Crippen LogP contribution in [-0.4, -0.2) is 24.4 Å². The second kappa shape index (κ2) is 5.39. The fourth-order valence-corrected chi connectivity index (χ4v) is 1.38. The Hall–Kier alpha value is -1.96. The van der Waals surface area contributed by atoms with Crippen LogP contribution in [0, 0.1) is 28.9 Å². The summed E-state index contributed by atoms with van der Waals surface area (Å²) in [6, 6.07) is 4.97. The first-order chi connectivity index (χ1) is 7.95. The summed E-state index contributed by atoms with van der Waals surface area (Å²) in [5.41, 5.74) is 0.0662. The second-order valence-corrected chi connectivity index (χ2v) is 3.84. The molecule has 0 fully saturated rings. The van der Waals surface area contributed by atoms with Gasteiger partial charge in [0.05, 0.1) is 12.0 Å². The van der Waals surface area contributed by atoms with Gasteiger partial charge in [0, 0.05) is 19.2 Å². The molecule has 0 aliphatic carbocycles. The van der Waals surface area contributed by atoms with Gasteiger partial charge in [0.2, 0.25) is 0 Å². The summed E-state index contributed by atoms with van der Waals surface area (Å²) in [4.78, 5) is 13.1. The lowest BCUT2D eigenvalue weighted by atomic mass is 10.1. The number of amides is 1. The Kier molecular flexibility index (Phi) is 4.16. The van der Waals surface area contributed by atoms with Crippen molar-refractivity contribution >= 4 is 5.91 Å². The molecule has 0 radical (unpaired) electrons. The van der Waals surface area contributed by atoms with Crippen LogP contribution in [0.5, 0.6) is 0 Å². The van der Waals surface area contributed by atoms with Crippen LogP contribution in [0.3, 0.4) is 0 Å². The molecule has 0 saturated carbocycles. The van der Waals surface area contributed by atoms with E-state index in [1.165, 1.54) is 18.0 Å². The van der Waals surface area contributed by atoms with Crippen LogP contribution in [0.15, 0.2) is 18.2 Å². The molecular weight excluding hydrogens is 226 g/mol. The summed E-state index contributed by atoms with van der Waals surface area (Å²) in [5.74, 6) is -2.80. The zero-order valence-electron chi connectivity index (χ0n) is 9.58.